The number of nitrogens with zero attached hydrogens (tertiary/aromatic N) is 2. The summed E-state index contributed by atoms with van der Waals surface area (Å²) in [5, 5.41) is 0. The molecule has 1 aromatic rings. The highest BCUT2D eigenvalue weighted by molar-refractivity contribution is 5.85. The Bertz CT molecular complexity index is 456. The van der Waals surface area contributed by atoms with E-state index in [-0.39, 0.29) is 11.9 Å². The largest absolute Gasteiger partial charge is 0.399 e. The van der Waals surface area contributed by atoms with Crippen LogP contribution in [0.1, 0.15) is 18.4 Å². The molecule has 2 N–H and O–H groups in total. The van der Waals surface area contributed by atoms with E-state index in [1.54, 1.807) is 4.90 Å². The van der Waals surface area contributed by atoms with E-state index in [1.807, 2.05) is 33.2 Å². The predicted octanol–water partition coefficient (Wildman–Crippen LogP) is 1.63. The third kappa shape index (κ3) is 2.28. The number of nitrogens with two attached hydrogens (primary N) is 1. The van der Waals surface area contributed by atoms with Crippen molar-refractivity contribution in [2.75, 3.05) is 31.3 Å². The molecular formula is C14H21N3O. The molecule has 0 saturated carbocycles. The minimum atomic E-state index is -0.0250. The number of carbonyl (C=O) groups is 1. The average Bonchev–Trinajstić information content (AvgIpc) is 2.80. The third-order valence-electron chi connectivity index (χ3n) is 3.56. The smallest absolute Gasteiger partial charge is 0.244 e. The number of benzene rings is 1. The van der Waals surface area contributed by atoms with Crippen molar-refractivity contribution < 1.29 is 4.79 Å². The van der Waals surface area contributed by atoms with Crippen LogP contribution in [0.25, 0.3) is 0 Å². The van der Waals surface area contributed by atoms with Crippen molar-refractivity contribution in [1.82, 2.24) is 4.90 Å². The number of nitrogen functional groups attached to an aromatic ring is 1. The molecular weight excluding hydrogens is 226 g/mol. The molecule has 4 nitrogen and oxygen atoms in total. The number of carbonyl (C=O) groups excluding carboxylic acids is 1. The first-order chi connectivity index (χ1) is 8.50. The van der Waals surface area contributed by atoms with E-state index >= 15 is 0 Å². The van der Waals surface area contributed by atoms with Crippen LogP contribution in [-0.2, 0) is 4.79 Å². The molecule has 0 aromatic heterocycles. The summed E-state index contributed by atoms with van der Waals surface area (Å²) in [6, 6.07) is 5.96. The lowest BCUT2D eigenvalue weighted by Gasteiger charge is -2.28. The van der Waals surface area contributed by atoms with Crippen LogP contribution in [0.5, 0.6) is 0 Å². The second kappa shape index (κ2) is 4.88. The lowest BCUT2D eigenvalue weighted by Crippen LogP contribution is -2.42. The van der Waals surface area contributed by atoms with Crippen molar-refractivity contribution in [3.05, 3.63) is 23.8 Å². The molecule has 0 bridgehead atoms. The zero-order chi connectivity index (χ0) is 13.3. The summed E-state index contributed by atoms with van der Waals surface area (Å²) in [4.78, 5) is 16.0. The van der Waals surface area contributed by atoms with Gasteiger partial charge in [-0.2, -0.15) is 0 Å². The maximum absolute atomic E-state index is 12.1. The molecule has 1 aliphatic rings. The summed E-state index contributed by atoms with van der Waals surface area (Å²) in [5.74, 6) is 0.182. The first-order valence-corrected chi connectivity index (χ1v) is 6.34. The molecule has 1 aliphatic heterocycles. The second-order valence-electron chi connectivity index (χ2n) is 5.12. The number of aryl methyl sites for hydroxylation is 1. The van der Waals surface area contributed by atoms with Gasteiger partial charge in [-0.25, -0.2) is 0 Å². The van der Waals surface area contributed by atoms with Crippen molar-refractivity contribution in [2.24, 2.45) is 0 Å². The van der Waals surface area contributed by atoms with Gasteiger partial charge in [0, 0.05) is 32.0 Å². The van der Waals surface area contributed by atoms with Gasteiger partial charge in [0.2, 0.25) is 5.91 Å². The van der Waals surface area contributed by atoms with Gasteiger partial charge >= 0.3 is 0 Å². The molecule has 1 heterocycles. The van der Waals surface area contributed by atoms with Crippen LogP contribution in [0.2, 0.25) is 0 Å². The van der Waals surface area contributed by atoms with E-state index in [9.17, 15) is 4.79 Å². The fourth-order valence-corrected chi connectivity index (χ4v) is 2.47. The Morgan fingerprint density at radius 3 is 2.78 bits per heavy atom. The molecule has 0 spiro atoms. The second-order valence-corrected chi connectivity index (χ2v) is 5.12. The SMILES string of the molecule is Cc1cc(N2CCCC2C(=O)N(C)C)ccc1N. The van der Waals surface area contributed by atoms with Crippen molar-refractivity contribution in [1.29, 1.82) is 0 Å². The van der Waals surface area contributed by atoms with Gasteiger partial charge in [-0.15, -0.1) is 0 Å². The fourth-order valence-electron chi connectivity index (χ4n) is 2.47. The predicted molar refractivity (Wildman–Crippen MR) is 74.7 cm³/mol. The Morgan fingerprint density at radius 2 is 2.17 bits per heavy atom. The molecule has 98 valence electrons. The summed E-state index contributed by atoms with van der Waals surface area (Å²) in [6.07, 6.45) is 1.99. The molecule has 18 heavy (non-hydrogen) atoms. The van der Waals surface area contributed by atoms with Crippen LogP contribution in [0, 0.1) is 6.92 Å². The number of hydrogen-bond donors (Lipinski definition) is 1. The molecule has 4 heteroatoms. The van der Waals surface area contributed by atoms with E-state index in [4.69, 9.17) is 5.73 Å². The van der Waals surface area contributed by atoms with Gasteiger partial charge in [0.25, 0.3) is 0 Å². The summed E-state index contributed by atoms with van der Waals surface area (Å²) in [6.45, 7) is 2.94. The molecule has 2 rings (SSSR count). The van der Waals surface area contributed by atoms with Crippen molar-refractivity contribution in [3.63, 3.8) is 0 Å². The van der Waals surface area contributed by atoms with Gasteiger partial charge in [-0.1, -0.05) is 0 Å². The van der Waals surface area contributed by atoms with E-state index < -0.39 is 0 Å². The van der Waals surface area contributed by atoms with E-state index in [0.29, 0.717) is 0 Å². The standard InChI is InChI=1S/C14H21N3O/c1-10-9-11(6-7-12(10)15)17-8-4-5-13(17)14(18)16(2)3/h6-7,9,13H,4-5,8,15H2,1-3H3. The number of anilines is 2. The molecule has 1 saturated heterocycles. The Morgan fingerprint density at radius 1 is 1.44 bits per heavy atom. The van der Waals surface area contributed by atoms with Crippen LogP contribution in [0.15, 0.2) is 18.2 Å². The van der Waals surface area contributed by atoms with Crippen LogP contribution in [0.3, 0.4) is 0 Å². The summed E-state index contributed by atoms with van der Waals surface area (Å²) >= 11 is 0. The van der Waals surface area contributed by atoms with Gasteiger partial charge in [0.05, 0.1) is 0 Å². The highest BCUT2D eigenvalue weighted by Gasteiger charge is 2.31. The number of hydrogen-bond acceptors (Lipinski definition) is 3. The zero-order valence-corrected chi connectivity index (χ0v) is 11.3. The maximum Gasteiger partial charge on any atom is 0.244 e. The molecule has 1 amide bonds. The average molecular weight is 247 g/mol. The first kappa shape index (κ1) is 12.7. The highest BCUT2D eigenvalue weighted by Crippen LogP contribution is 2.28. The Labute approximate surface area is 108 Å². The monoisotopic (exact) mass is 247 g/mol. The van der Waals surface area contributed by atoms with Crippen molar-refractivity contribution >= 4 is 17.3 Å². The fraction of sp³-hybridized carbons (Fsp3) is 0.500. The van der Waals surface area contributed by atoms with Crippen LogP contribution in [0.4, 0.5) is 11.4 Å². The number of rotatable bonds is 2. The molecule has 1 unspecified atom stereocenters. The Hall–Kier alpha value is -1.71. The number of amides is 1. The van der Waals surface area contributed by atoms with Crippen LogP contribution >= 0.6 is 0 Å². The zero-order valence-electron chi connectivity index (χ0n) is 11.3. The maximum atomic E-state index is 12.1. The quantitative estimate of drug-likeness (QED) is 0.808. The van der Waals surface area contributed by atoms with Gasteiger partial charge in [-0.3, -0.25) is 4.79 Å². The highest BCUT2D eigenvalue weighted by atomic mass is 16.2. The molecule has 0 radical (unpaired) electrons. The van der Waals surface area contributed by atoms with Gasteiger partial charge in [0.15, 0.2) is 0 Å². The summed E-state index contributed by atoms with van der Waals surface area (Å²) in [7, 11) is 3.63. The molecule has 1 aromatic carbocycles. The normalized spacial score (nSPS) is 19.1. The minimum absolute atomic E-state index is 0.0250. The molecule has 0 aliphatic carbocycles. The topological polar surface area (TPSA) is 49.6 Å². The van der Waals surface area contributed by atoms with Crippen molar-refractivity contribution in [3.8, 4) is 0 Å². The van der Waals surface area contributed by atoms with Crippen LogP contribution in [-0.4, -0.2) is 37.5 Å². The first-order valence-electron chi connectivity index (χ1n) is 6.34. The number of likely N-dealkylation sites (N-methyl/N-ethyl adjacent to an activating group) is 1. The lowest BCUT2D eigenvalue weighted by molar-refractivity contribution is -0.129. The van der Waals surface area contributed by atoms with Gasteiger partial charge < -0.3 is 15.5 Å². The lowest BCUT2D eigenvalue weighted by atomic mass is 10.1. The Balaban J connectivity index is 2.26. The summed E-state index contributed by atoms with van der Waals surface area (Å²) in [5.41, 5.74) is 8.80. The van der Waals surface area contributed by atoms with Gasteiger partial charge in [-0.05, 0) is 43.5 Å². The van der Waals surface area contributed by atoms with Crippen LogP contribution < -0.4 is 10.6 Å². The minimum Gasteiger partial charge on any atom is -0.399 e. The third-order valence-corrected chi connectivity index (χ3v) is 3.56. The Kier molecular flexibility index (Phi) is 3.45. The van der Waals surface area contributed by atoms with E-state index in [2.05, 4.69) is 11.0 Å². The molecule has 1 fully saturated rings. The van der Waals surface area contributed by atoms with Crippen molar-refractivity contribution in [2.45, 2.75) is 25.8 Å². The van der Waals surface area contributed by atoms with E-state index in [0.717, 1.165) is 36.3 Å². The van der Waals surface area contributed by atoms with E-state index in [1.165, 1.54) is 0 Å². The molecule has 1 atom stereocenters. The summed E-state index contributed by atoms with van der Waals surface area (Å²) < 4.78 is 0. The van der Waals surface area contributed by atoms with Gasteiger partial charge in [0.1, 0.15) is 6.04 Å².